The zero-order chi connectivity index (χ0) is 21.3. The Morgan fingerprint density at radius 1 is 1.00 bits per heavy atom. The molecule has 1 heterocycles. The first-order chi connectivity index (χ1) is 14.4. The van der Waals surface area contributed by atoms with E-state index >= 15 is 0 Å². The van der Waals surface area contributed by atoms with E-state index < -0.39 is 0 Å². The Kier molecular flexibility index (Phi) is 6.21. The van der Waals surface area contributed by atoms with Crippen molar-refractivity contribution >= 4 is 46.4 Å². The third-order valence-corrected chi connectivity index (χ3v) is 6.77. The Balaban J connectivity index is 1.50. The maximum absolute atomic E-state index is 13.2. The van der Waals surface area contributed by atoms with Gasteiger partial charge < -0.3 is 16.0 Å². The number of carbonyl (C=O) groups is 2. The summed E-state index contributed by atoms with van der Waals surface area (Å²) >= 11 is 12.0. The summed E-state index contributed by atoms with van der Waals surface area (Å²) in [7, 11) is 0. The van der Waals surface area contributed by atoms with E-state index in [-0.39, 0.29) is 16.8 Å². The van der Waals surface area contributed by atoms with Crippen molar-refractivity contribution in [3.8, 4) is 0 Å². The molecule has 5 nitrogen and oxygen atoms in total. The first-order valence-corrected chi connectivity index (χ1v) is 11.2. The summed E-state index contributed by atoms with van der Waals surface area (Å²) in [5.41, 5.74) is 7.81. The van der Waals surface area contributed by atoms with E-state index in [1.54, 1.807) is 30.3 Å². The van der Waals surface area contributed by atoms with Crippen molar-refractivity contribution in [3.63, 3.8) is 0 Å². The highest BCUT2D eigenvalue weighted by atomic mass is 35.5. The minimum Gasteiger partial charge on any atom is -0.397 e. The van der Waals surface area contributed by atoms with E-state index in [0.717, 1.165) is 19.4 Å². The van der Waals surface area contributed by atoms with Crippen molar-refractivity contribution in [2.75, 3.05) is 17.6 Å². The van der Waals surface area contributed by atoms with Crippen molar-refractivity contribution in [3.05, 3.63) is 57.6 Å². The van der Waals surface area contributed by atoms with Crippen molar-refractivity contribution < 1.29 is 9.59 Å². The fourth-order valence-corrected chi connectivity index (χ4v) is 5.21. The lowest BCUT2D eigenvalue weighted by Gasteiger charge is -2.44. The number of hydrogen-bond acceptors (Lipinski definition) is 3. The van der Waals surface area contributed by atoms with Crippen LogP contribution >= 0.6 is 23.2 Å². The highest BCUT2D eigenvalue weighted by molar-refractivity contribution is 6.37. The summed E-state index contributed by atoms with van der Waals surface area (Å²) in [6.07, 6.45) is 7.03. The molecule has 4 rings (SSSR count). The van der Waals surface area contributed by atoms with Crippen molar-refractivity contribution in [1.82, 2.24) is 4.90 Å². The average Bonchev–Trinajstić information content (AvgIpc) is 2.74. The topological polar surface area (TPSA) is 75.4 Å². The number of halogens is 2. The minimum atomic E-state index is -0.386. The summed E-state index contributed by atoms with van der Waals surface area (Å²) in [6, 6.07) is 10.1. The van der Waals surface area contributed by atoms with E-state index in [0.29, 0.717) is 39.5 Å². The van der Waals surface area contributed by atoms with Gasteiger partial charge in [-0.15, -0.1) is 0 Å². The number of nitrogens with two attached hydrogens (primary N) is 1. The largest absolute Gasteiger partial charge is 0.397 e. The molecule has 0 radical (unpaired) electrons. The zero-order valence-electron chi connectivity index (χ0n) is 16.7. The number of nitrogens with one attached hydrogen (secondary N) is 1. The molecular weight excluding hydrogens is 421 g/mol. The normalized spacial score (nSPS) is 21.1. The average molecular weight is 446 g/mol. The molecule has 2 fully saturated rings. The van der Waals surface area contributed by atoms with Gasteiger partial charge in [0.05, 0.1) is 22.0 Å². The molecule has 0 spiro atoms. The highest BCUT2D eigenvalue weighted by Gasteiger charge is 2.36. The van der Waals surface area contributed by atoms with Gasteiger partial charge in [0.1, 0.15) is 0 Å². The Morgan fingerprint density at radius 2 is 1.77 bits per heavy atom. The molecule has 1 saturated heterocycles. The summed E-state index contributed by atoms with van der Waals surface area (Å²) < 4.78 is 0. The van der Waals surface area contributed by atoms with Gasteiger partial charge in [-0.25, -0.2) is 0 Å². The van der Waals surface area contributed by atoms with Gasteiger partial charge in [-0.05, 0) is 68.0 Å². The van der Waals surface area contributed by atoms with Gasteiger partial charge in [-0.1, -0.05) is 36.0 Å². The van der Waals surface area contributed by atoms with Gasteiger partial charge in [0, 0.05) is 23.2 Å². The molecule has 0 bridgehead atoms. The lowest BCUT2D eigenvalue weighted by atomic mass is 9.78. The lowest BCUT2D eigenvalue weighted by Crippen LogP contribution is -2.49. The third kappa shape index (κ3) is 4.28. The molecule has 1 aliphatic carbocycles. The van der Waals surface area contributed by atoms with Gasteiger partial charge in [0.15, 0.2) is 0 Å². The summed E-state index contributed by atoms with van der Waals surface area (Å²) in [4.78, 5) is 27.8. The first kappa shape index (κ1) is 21.0. The fraction of sp³-hybridized carbons (Fsp3) is 0.391. The number of rotatable bonds is 3. The smallest absolute Gasteiger partial charge is 0.257 e. The molecule has 0 aromatic heterocycles. The SMILES string of the molecule is Nc1cc(C(=O)N2CCC[C@H]3CCCC[C@@H]32)ccc1NC(=O)c1ccc(Cl)cc1Cl. The Hall–Kier alpha value is -2.24. The molecule has 30 heavy (non-hydrogen) atoms. The van der Waals surface area contributed by atoms with Crippen LogP contribution in [0.2, 0.25) is 10.0 Å². The second-order valence-electron chi connectivity index (χ2n) is 8.13. The van der Waals surface area contributed by atoms with E-state index in [1.165, 1.54) is 31.7 Å². The van der Waals surface area contributed by atoms with Crippen LogP contribution < -0.4 is 11.1 Å². The molecule has 3 N–H and O–H groups in total. The number of hydrogen-bond donors (Lipinski definition) is 2. The van der Waals surface area contributed by atoms with Crippen LogP contribution in [0.4, 0.5) is 11.4 Å². The molecule has 7 heteroatoms. The van der Waals surface area contributed by atoms with Crippen LogP contribution in [0.15, 0.2) is 36.4 Å². The predicted octanol–water partition coefficient (Wildman–Crippen LogP) is 5.62. The quantitative estimate of drug-likeness (QED) is 0.601. The van der Waals surface area contributed by atoms with Crippen LogP contribution in [0, 0.1) is 5.92 Å². The maximum Gasteiger partial charge on any atom is 0.257 e. The highest BCUT2D eigenvalue weighted by Crippen LogP contribution is 2.36. The van der Waals surface area contributed by atoms with Crippen LogP contribution in [0.1, 0.15) is 59.2 Å². The van der Waals surface area contributed by atoms with Gasteiger partial charge in [-0.2, -0.15) is 0 Å². The van der Waals surface area contributed by atoms with Gasteiger partial charge in [0.25, 0.3) is 11.8 Å². The van der Waals surface area contributed by atoms with Crippen LogP contribution in [0.25, 0.3) is 0 Å². The van der Waals surface area contributed by atoms with E-state index in [2.05, 4.69) is 5.32 Å². The van der Waals surface area contributed by atoms with E-state index in [1.807, 2.05) is 4.90 Å². The molecule has 2 aromatic rings. The Morgan fingerprint density at radius 3 is 2.53 bits per heavy atom. The summed E-state index contributed by atoms with van der Waals surface area (Å²) in [5.74, 6) is 0.261. The summed E-state index contributed by atoms with van der Waals surface area (Å²) in [5, 5.41) is 3.48. The van der Waals surface area contributed by atoms with Gasteiger partial charge in [-0.3, -0.25) is 9.59 Å². The van der Waals surface area contributed by atoms with Crippen molar-refractivity contribution in [1.29, 1.82) is 0 Å². The van der Waals surface area contributed by atoms with Gasteiger partial charge >= 0.3 is 0 Å². The fourth-order valence-electron chi connectivity index (χ4n) is 4.72. The molecule has 1 aliphatic heterocycles. The monoisotopic (exact) mass is 445 g/mol. The van der Waals surface area contributed by atoms with Crippen LogP contribution in [-0.2, 0) is 0 Å². The molecule has 0 unspecified atom stereocenters. The Labute approximate surface area is 186 Å². The number of nitrogens with zero attached hydrogens (tertiary/aromatic N) is 1. The van der Waals surface area contributed by atoms with Crippen molar-refractivity contribution in [2.45, 2.75) is 44.6 Å². The van der Waals surface area contributed by atoms with E-state index in [9.17, 15) is 9.59 Å². The zero-order valence-corrected chi connectivity index (χ0v) is 18.2. The number of anilines is 2. The number of fused-ring (bicyclic) bond motifs is 1. The van der Waals surface area contributed by atoms with Gasteiger partial charge in [0.2, 0.25) is 0 Å². The first-order valence-electron chi connectivity index (χ1n) is 10.4. The number of benzene rings is 2. The molecular formula is C23H25Cl2N3O2. The maximum atomic E-state index is 13.2. The number of likely N-dealkylation sites (tertiary alicyclic amines) is 1. The van der Waals surface area contributed by atoms with E-state index in [4.69, 9.17) is 28.9 Å². The summed E-state index contributed by atoms with van der Waals surface area (Å²) in [6.45, 7) is 0.799. The van der Waals surface area contributed by atoms with Crippen LogP contribution in [-0.4, -0.2) is 29.3 Å². The number of piperidine rings is 1. The molecule has 2 aromatic carbocycles. The Bertz CT molecular complexity index is 977. The second kappa shape index (κ2) is 8.86. The molecule has 2 atom stereocenters. The molecule has 2 aliphatic rings. The van der Waals surface area contributed by atoms with Crippen molar-refractivity contribution in [2.24, 2.45) is 5.92 Å². The molecule has 158 valence electrons. The lowest BCUT2D eigenvalue weighted by molar-refractivity contribution is 0.0390. The number of amides is 2. The third-order valence-electron chi connectivity index (χ3n) is 6.23. The number of nitrogen functional groups attached to an aromatic ring is 1. The predicted molar refractivity (Wildman–Crippen MR) is 121 cm³/mol. The molecule has 1 saturated carbocycles. The second-order valence-corrected chi connectivity index (χ2v) is 8.98. The van der Waals surface area contributed by atoms with Crippen LogP contribution in [0.5, 0.6) is 0 Å². The van der Waals surface area contributed by atoms with Crippen LogP contribution in [0.3, 0.4) is 0 Å². The minimum absolute atomic E-state index is 0.0249. The number of carbonyl (C=O) groups excluding carboxylic acids is 2. The standard InChI is InChI=1S/C23H25Cl2N3O2/c24-16-8-9-17(18(25)13-16)22(29)27-20-10-7-15(12-19(20)26)23(30)28-11-3-5-14-4-1-2-6-21(14)28/h7-10,12-14,21H,1-6,11,26H2,(H,27,29)/t14-,21+/m1/s1. The molecule has 2 amide bonds.